The van der Waals surface area contributed by atoms with Crippen LogP contribution in [0, 0.1) is 5.92 Å². The summed E-state index contributed by atoms with van der Waals surface area (Å²) < 4.78 is 9.97. The van der Waals surface area contributed by atoms with Crippen LogP contribution in [0.25, 0.3) is 0 Å². The molecule has 1 unspecified atom stereocenters. The number of thiazole rings is 1. The number of hydrogen-bond donors (Lipinski definition) is 0. The number of nitrogens with zero attached hydrogens (tertiary/aromatic N) is 1. The second-order valence-corrected chi connectivity index (χ2v) is 4.72. The third-order valence-electron chi connectivity index (χ3n) is 2.23. The Labute approximate surface area is 99.6 Å². The van der Waals surface area contributed by atoms with Crippen molar-refractivity contribution in [2.45, 2.75) is 26.4 Å². The minimum absolute atomic E-state index is 0.00334. The van der Waals surface area contributed by atoms with Gasteiger partial charge in [0.25, 0.3) is 0 Å². The highest BCUT2D eigenvalue weighted by Crippen LogP contribution is 2.27. The van der Waals surface area contributed by atoms with Gasteiger partial charge in [-0.05, 0) is 5.92 Å². The van der Waals surface area contributed by atoms with E-state index in [1.807, 2.05) is 5.38 Å². The van der Waals surface area contributed by atoms with Gasteiger partial charge in [0.2, 0.25) is 0 Å². The molecule has 1 aromatic heterocycles. The number of aromatic nitrogens is 1. The fraction of sp³-hybridized carbons (Fsp3) is 0.636. The second kappa shape index (κ2) is 5.96. The first-order valence-corrected chi connectivity index (χ1v) is 6.00. The number of carbonyl (C=O) groups is 1. The van der Waals surface area contributed by atoms with Crippen molar-refractivity contribution >= 4 is 17.3 Å². The minimum Gasteiger partial charge on any atom is -0.469 e. The summed E-state index contributed by atoms with van der Waals surface area (Å²) >= 11 is 1.52. The van der Waals surface area contributed by atoms with Gasteiger partial charge in [-0.3, -0.25) is 4.79 Å². The number of hydrogen-bond acceptors (Lipinski definition) is 5. The standard InChI is InChI=1S/C11H17NO3S/c1-7(2)10(15-4)11-12-8(6-16-11)5-9(13)14-3/h6-7,10H,5H2,1-4H3. The number of rotatable bonds is 5. The van der Waals surface area contributed by atoms with Crippen LogP contribution in [0.4, 0.5) is 0 Å². The average molecular weight is 243 g/mol. The first kappa shape index (κ1) is 13.1. The fourth-order valence-electron chi connectivity index (χ4n) is 1.41. The summed E-state index contributed by atoms with van der Waals surface area (Å²) in [5.41, 5.74) is 0.745. The van der Waals surface area contributed by atoms with E-state index in [2.05, 4.69) is 23.6 Å². The van der Waals surface area contributed by atoms with Crippen molar-refractivity contribution in [2.24, 2.45) is 5.92 Å². The summed E-state index contributed by atoms with van der Waals surface area (Å²) in [7, 11) is 3.05. The van der Waals surface area contributed by atoms with Gasteiger partial charge in [0, 0.05) is 12.5 Å². The van der Waals surface area contributed by atoms with Crippen molar-refractivity contribution in [3.05, 3.63) is 16.1 Å². The second-order valence-electron chi connectivity index (χ2n) is 3.83. The van der Waals surface area contributed by atoms with Crippen molar-refractivity contribution in [1.29, 1.82) is 0 Å². The smallest absolute Gasteiger partial charge is 0.311 e. The van der Waals surface area contributed by atoms with E-state index >= 15 is 0 Å². The summed E-state index contributed by atoms with van der Waals surface area (Å²) in [6.45, 7) is 4.16. The Morgan fingerprint density at radius 2 is 2.19 bits per heavy atom. The fourth-order valence-corrected chi connectivity index (χ4v) is 2.48. The highest BCUT2D eigenvalue weighted by atomic mass is 32.1. The monoisotopic (exact) mass is 243 g/mol. The van der Waals surface area contributed by atoms with Crippen LogP contribution < -0.4 is 0 Å². The van der Waals surface area contributed by atoms with Gasteiger partial charge in [0.05, 0.1) is 19.2 Å². The maximum absolute atomic E-state index is 11.1. The Balaban J connectivity index is 2.73. The normalized spacial score (nSPS) is 12.8. The quantitative estimate of drug-likeness (QED) is 0.744. The topological polar surface area (TPSA) is 48.4 Å². The van der Waals surface area contributed by atoms with Crippen LogP contribution in [0.1, 0.15) is 30.7 Å². The largest absolute Gasteiger partial charge is 0.469 e. The van der Waals surface area contributed by atoms with E-state index < -0.39 is 0 Å². The highest BCUT2D eigenvalue weighted by molar-refractivity contribution is 7.09. The van der Waals surface area contributed by atoms with Crippen LogP contribution in [0.2, 0.25) is 0 Å². The maximum Gasteiger partial charge on any atom is 0.311 e. The lowest BCUT2D eigenvalue weighted by atomic mass is 10.1. The van der Waals surface area contributed by atoms with Gasteiger partial charge in [-0.2, -0.15) is 0 Å². The molecule has 4 nitrogen and oxygen atoms in total. The van der Waals surface area contributed by atoms with E-state index in [1.165, 1.54) is 18.4 Å². The Bertz CT molecular complexity index is 349. The summed E-state index contributed by atoms with van der Waals surface area (Å²) in [4.78, 5) is 15.5. The van der Waals surface area contributed by atoms with Crippen molar-refractivity contribution in [1.82, 2.24) is 4.98 Å². The van der Waals surface area contributed by atoms with Crippen LogP contribution in [0.3, 0.4) is 0 Å². The number of carbonyl (C=O) groups excluding carboxylic acids is 1. The molecule has 0 aliphatic heterocycles. The number of ether oxygens (including phenoxy) is 2. The minimum atomic E-state index is -0.268. The van der Waals surface area contributed by atoms with E-state index in [1.54, 1.807) is 7.11 Å². The van der Waals surface area contributed by atoms with Crippen LogP contribution in [-0.4, -0.2) is 25.2 Å². The van der Waals surface area contributed by atoms with Crippen LogP contribution in [0.15, 0.2) is 5.38 Å². The van der Waals surface area contributed by atoms with Gasteiger partial charge >= 0.3 is 5.97 Å². The first-order valence-electron chi connectivity index (χ1n) is 5.12. The summed E-state index contributed by atoms with van der Waals surface area (Å²) in [6, 6.07) is 0. The van der Waals surface area contributed by atoms with Gasteiger partial charge in [-0.1, -0.05) is 13.8 Å². The third kappa shape index (κ3) is 3.28. The molecule has 0 aliphatic carbocycles. The van der Waals surface area contributed by atoms with Crippen molar-refractivity contribution in [3.8, 4) is 0 Å². The molecular formula is C11H17NO3S. The lowest BCUT2D eigenvalue weighted by molar-refractivity contribution is -0.139. The zero-order chi connectivity index (χ0) is 12.1. The first-order chi connectivity index (χ1) is 7.58. The Morgan fingerprint density at radius 3 is 2.69 bits per heavy atom. The zero-order valence-electron chi connectivity index (χ0n) is 10.0. The molecule has 1 heterocycles. The molecule has 0 N–H and O–H groups in total. The lowest BCUT2D eigenvalue weighted by Crippen LogP contribution is -2.09. The van der Waals surface area contributed by atoms with E-state index in [0.717, 1.165) is 10.7 Å². The zero-order valence-corrected chi connectivity index (χ0v) is 10.8. The molecule has 0 bridgehead atoms. The van der Waals surface area contributed by atoms with Crippen LogP contribution in [-0.2, 0) is 20.7 Å². The molecular weight excluding hydrogens is 226 g/mol. The Kier molecular flexibility index (Phi) is 4.89. The molecule has 0 spiro atoms. The van der Waals surface area contributed by atoms with Gasteiger partial charge in [-0.15, -0.1) is 11.3 Å². The summed E-state index contributed by atoms with van der Waals surface area (Å²) in [5.74, 6) is 0.0949. The number of methoxy groups -OCH3 is 2. The van der Waals surface area contributed by atoms with Gasteiger partial charge in [-0.25, -0.2) is 4.98 Å². The maximum atomic E-state index is 11.1. The van der Waals surface area contributed by atoms with Gasteiger partial charge < -0.3 is 9.47 Å². The third-order valence-corrected chi connectivity index (χ3v) is 3.18. The van der Waals surface area contributed by atoms with Crippen LogP contribution in [0.5, 0.6) is 0 Å². The molecule has 16 heavy (non-hydrogen) atoms. The summed E-state index contributed by atoms with van der Waals surface area (Å²) in [6.07, 6.45) is 0.220. The molecule has 0 radical (unpaired) electrons. The highest BCUT2D eigenvalue weighted by Gasteiger charge is 2.19. The van der Waals surface area contributed by atoms with Crippen molar-refractivity contribution in [2.75, 3.05) is 14.2 Å². The van der Waals surface area contributed by atoms with E-state index in [0.29, 0.717) is 5.92 Å². The molecule has 0 aliphatic rings. The number of esters is 1. The molecule has 0 saturated heterocycles. The molecule has 0 fully saturated rings. The van der Waals surface area contributed by atoms with Crippen LogP contribution >= 0.6 is 11.3 Å². The molecule has 1 rings (SSSR count). The van der Waals surface area contributed by atoms with E-state index in [9.17, 15) is 4.79 Å². The van der Waals surface area contributed by atoms with Gasteiger partial charge in [0.1, 0.15) is 11.1 Å². The average Bonchev–Trinajstić information content (AvgIpc) is 2.66. The Morgan fingerprint density at radius 1 is 1.50 bits per heavy atom. The molecule has 0 saturated carbocycles. The molecule has 90 valence electrons. The SMILES string of the molecule is COC(=O)Cc1csc(C(OC)C(C)C)n1. The summed E-state index contributed by atoms with van der Waals surface area (Å²) in [5, 5.41) is 2.79. The van der Waals surface area contributed by atoms with Gasteiger partial charge in [0.15, 0.2) is 0 Å². The predicted molar refractivity (Wildman–Crippen MR) is 62.4 cm³/mol. The van der Waals surface area contributed by atoms with Crippen molar-refractivity contribution in [3.63, 3.8) is 0 Å². The molecule has 0 amide bonds. The molecule has 1 atom stereocenters. The molecule has 5 heteroatoms. The molecule has 0 aromatic carbocycles. The van der Waals surface area contributed by atoms with Crippen molar-refractivity contribution < 1.29 is 14.3 Å². The van der Waals surface area contributed by atoms with E-state index in [4.69, 9.17) is 4.74 Å². The Hall–Kier alpha value is -0.940. The van der Waals surface area contributed by atoms with E-state index in [-0.39, 0.29) is 18.5 Å². The predicted octanol–water partition coefficient (Wildman–Crippen LogP) is 2.20. The molecule has 1 aromatic rings. The lowest BCUT2D eigenvalue weighted by Gasteiger charge is -2.15.